The molecule has 0 spiro atoms. The van der Waals surface area contributed by atoms with Crippen LogP contribution in [0, 0.1) is 0 Å². The molecular formula is C12H10N2O2. The zero-order valence-corrected chi connectivity index (χ0v) is 8.51. The van der Waals surface area contributed by atoms with Crippen LogP contribution in [-0.2, 0) is 6.61 Å². The normalized spacial score (nSPS) is 10.8. The molecule has 0 unspecified atom stereocenters. The Morgan fingerprint density at radius 3 is 3.12 bits per heavy atom. The van der Waals surface area contributed by atoms with Crippen LogP contribution < -0.4 is 4.74 Å². The molecule has 1 aromatic carbocycles. The van der Waals surface area contributed by atoms with Gasteiger partial charge in [-0.05, 0) is 24.3 Å². The molecule has 0 aliphatic carbocycles. The highest BCUT2D eigenvalue weighted by Crippen LogP contribution is 2.20. The Balaban J connectivity index is 1.78. The monoisotopic (exact) mass is 214 g/mol. The van der Waals surface area contributed by atoms with E-state index in [2.05, 4.69) is 10.1 Å². The molecule has 0 fully saturated rings. The van der Waals surface area contributed by atoms with Gasteiger partial charge in [0.2, 0.25) is 0 Å². The van der Waals surface area contributed by atoms with Gasteiger partial charge in [-0.15, -0.1) is 0 Å². The number of benzene rings is 1. The molecule has 0 aliphatic rings. The van der Waals surface area contributed by atoms with E-state index in [9.17, 15) is 0 Å². The van der Waals surface area contributed by atoms with Crippen molar-refractivity contribution >= 4 is 10.9 Å². The summed E-state index contributed by atoms with van der Waals surface area (Å²) in [5, 5.41) is 4.75. The van der Waals surface area contributed by atoms with Gasteiger partial charge in [0.15, 0.2) is 5.76 Å². The van der Waals surface area contributed by atoms with Crippen LogP contribution in [0.1, 0.15) is 5.76 Å². The number of aromatic amines is 1. The highest BCUT2D eigenvalue weighted by atomic mass is 16.5. The molecule has 0 amide bonds. The van der Waals surface area contributed by atoms with Crippen molar-refractivity contribution in [3.05, 3.63) is 48.5 Å². The second-order valence-corrected chi connectivity index (χ2v) is 3.49. The first-order chi connectivity index (χ1) is 7.92. The third-order valence-electron chi connectivity index (χ3n) is 2.40. The zero-order valence-electron chi connectivity index (χ0n) is 8.51. The summed E-state index contributed by atoms with van der Waals surface area (Å²) in [6.07, 6.45) is 3.51. The number of aromatic nitrogens is 2. The van der Waals surface area contributed by atoms with Crippen molar-refractivity contribution < 1.29 is 9.26 Å². The molecule has 0 aliphatic heterocycles. The van der Waals surface area contributed by atoms with Crippen molar-refractivity contribution in [3.63, 3.8) is 0 Å². The van der Waals surface area contributed by atoms with Gasteiger partial charge in [0.25, 0.3) is 0 Å². The molecule has 0 saturated carbocycles. The number of nitrogens with zero attached hydrogens (tertiary/aromatic N) is 1. The lowest BCUT2D eigenvalue weighted by Crippen LogP contribution is -1.93. The van der Waals surface area contributed by atoms with Crippen molar-refractivity contribution in [1.29, 1.82) is 0 Å². The van der Waals surface area contributed by atoms with Gasteiger partial charge in [-0.2, -0.15) is 0 Å². The average molecular weight is 214 g/mol. The molecule has 4 nitrogen and oxygen atoms in total. The summed E-state index contributed by atoms with van der Waals surface area (Å²) in [5.74, 6) is 1.54. The maximum atomic E-state index is 5.58. The number of fused-ring (bicyclic) bond motifs is 1. The van der Waals surface area contributed by atoms with Crippen molar-refractivity contribution in [3.8, 4) is 5.75 Å². The number of nitrogens with one attached hydrogen (secondary N) is 1. The van der Waals surface area contributed by atoms with Gasteiger partial charge >= 0.3 is 0 Å². The van der Waals surface area contributed by atoms with Gasteiger partial charge in [-0.1, -0.05) is 5.16 Å². The Morgan fingerprint density at radius 1 is 1.25 bits per heavy atom. The third-order valence-corrected chi connectivity index (χ3v) is 2.40. The topological polar surface area (TPSA) is 51.0 Å². The fourth-order valence-electron chi connectivity index (χ4n) is 1.59. The molecule has 80 valence electrons. The number of ether oxygens (including phenoxy) is 1. The quantitative estimate of drug-likeness (QED) is 0.729. The minimum Gasteiger partial charge on any atom is -0.486 e. The molecule has 3 aromatic rings. The lowest BCUT2D eigenvalue weighted by atomic mass is 10.2. The fraction of sp³-hybridized carbons (Fsp3) is 0.0833. The first-order valence-electron chi connectivity index (χ1n) is 5.01. The molecule has 1 N–H and O–H groups in total. The molecule has 0 atom stereocenters. The van der Waals surface area contributed by atoms with Gasteiger partial charge in [0, 0.05) is 23.2 Å². The van der Waals surface area contributed by atoms with Crippen LogP contribution in [0.3, 0.4) is 0 Å². The number of hydrogen-bond acceptors (Lipinski definition) is 3. The maximum absolute atomic E-state index is 5.58. The van der Waals surface area contributed by atoms with Gasteiger partial charge < -0.3 is 14.2 Å². The molecular weight excluding hydrogens is 204 g/mol. The van der Waals surface area contributed by atoms with E-state index in [-0.39, 0.29) is 0 Å². The predicted molar refractivity (Wildman–Crippen MR) is 59.1 cm³/mol. The first-order valence-corrected chi connectivity index (χ1v) is 5.01. The summed E-state index contributed by atoms with van der Waals surface area (Å²) in [5.41, 5.74) is 1.10. The molecule has 4 heteroatoms. The summed E-state index contributed by atoms with van der Waals surface area (Å²) in [7, 11) is 0. The summed E-state index contributed by atoms with van der Waals surface area (Å²) in [6, 6.07) is 9.70. The van der Waals surface area contributed by atoms with E-state index >= 15 is 0 Å². The van der Waals surface area contributed by atoms with Gasteiger partial charge in [0.05, 0.1) is 6.20 Å². The summed E-state index contributed by atoms with van der Waals surface area (Å²) in [6.45, 7) is 0.399. The smallest absolute Gasteiger partial charge is 0.174 e. The lowest BCUT2D eigenvalue weighted by Gasteiger charge is -2.03. The van der Waals surface area contributed by atoms with Crippen LogP contribution in [0.15, 0.2) is 47.2 Å². The molecule has 2 aromatic heterocycles. The van der Waals surface area contributed by atoms with E-state index in [0.717, 1.165) is 16.7 Å². The SMILES string of the molecule is c1cc(COc2ccc3[nH]ccc3c2)on1. The second kappa shape index (κ2) is 3.73. The van der Waals surface area contributed by atoms with Crippen molar-refractivity contribution in [2.75, 3.05) is 0 Å². The molecule has 0 saturated heterocycles. The summed E-state index contributed by atoms with van der Waals surface area (Å²) in [4.78, 5) is 3.13. The minimum atomic E-state index is 0.399. The third kappa shape index (κ3) is 1.65. The van der Waals surface area contributed by atoms with Crippen LogP contribution in [0.2, 0.25) is 0 Å². The predicted octanol–water partition coefficient (Wildman–Crippen LogP) is 2.73. The van der Waals surface area contributed by atoms with Crippen LogP contribution in [0.4, 0.5) is 0 Å². The Morgan fingerprint density at radius 2 is 2.25 bits per heavy atom. The Bertz CT molecular complexity index is 584. The van der Waals surface area contributed by atoms with Crippen LogP contribution >= 0.6 is 0 Å². The number of hydrogen-bond donors (Lipinski definition) is 1. The Hall–Kier alpha value is -2.23. The van der Waals surface area contributed by atoms with Crippen LogP contribution in [0.25, 0.3) is 10.9 Å². The van der Waals surface area contributed by atoms with Crippen molar-refractivity contribution in [2.24, 2.45) is 0 Å². The first kappa shape index (κ1) is 9.03. The van der Waals surface area contributed by atoms with Crippen molar-refractivity contribution in [2.45, 2.75) is 6.61 Å². The Labute approximate surface area is 91.8 Å². The fourth-order valence-corrected chi connectivity index (χ4v) is 1.59. The van der Waals surface area contributed by atoms with E-state index in [1.165, 1.54) is 0 Å². The standard InChI is InChI=1S/C12H10N2O2/c1-2-12-9(3-5-13-12)7-10(1)15-8-11-4-6-14-16-11/h1-7,13H,8H2. The maximum Gasteiger partial charge on any atom is 0.174 e. The van der Waals surface area contributed by atoms with E-state index < -0.39 is 0 Å². The van der Waals surface area contributed by atoms with Gasteiger partial charge in [-0.3, -0.25) is 0 Å². The second-order valence-electron chi connectivity index (χ2n) is 3.49. The number of rotatable bonds is 3. The highest BCUT2D eigenvalue weighted by molar-refractivity contribution is 5.80. The lowest BCUT2D eigenvalue weighted by molar-refractivity contribution is 0.249. The molecule has 2 heterocycles. The molecule has 0 radical (unpaired) electrons. The average Bonchev–Trinajstić information content (AvgIpc) is 2.97. The minimum absolute atomic E-state index is 0.399. The van der Waals surface area contributed by atoms with E-state index in [0.29, 0.717) is 12.4 Å². The summed E-state index contributed by atoms with van der Waals surface area (Å²) >= 11 is 0. The van der Waals surface area contributed by atoms with E-state index in [4.69, 9.17) is 9.26 Å². The zero-order chi connectivity index (χ0) is 10.8. The van der Waals surface area contributed by atoms with Crippen molar-refractivity contribution in [1.82, 2.24) is 10.1 Å². The molecule has 3 rings (SSSR count). The largest absolute Gasteiger partial charge is 0.486 e. The van der Waals surface area contributed by atoms with E-state index in [1.807, 2.05) is 30.5 Å². The summed E-state index contributed by atoms with van der Waals surface area (Å²) < 4.78 is 10.5. The highest BCUT2D eigenvalue weighted by Gasteiger charge is 2.00. The Kier molecular flexibility index (Phi) is 2.11. The number of H-pyrrole nitrogens is 1. The van der Waals surface area contributed by atoms with Gasteiger partial charge in [0.1, 0.15) is 12.4 Å². The van der Waals surface area contributed by atoms with Crippen LogP contribution in [0.5, 0.6) is 5.75 Å². The van der Waals surface area contributed by atoms with Gasteiger partial charge in [-0.25, -0.2) is 0 Å². The van der Waals surface area contributed by atoms with E-state index in [1.54, 1.807) is 12.3 Å². The molecule has 0 bridgehead atoms. The van der Waals surface area contributed by atoms with Crippen LogP contribution in [-0.4, -0.2) is 10.1 Å². The molecule has 16 heavy (non-hydrogen) atoms.